The van der Waals surface area contributed by atoms with Crippen LogP contribution >= 0.6 is 0 Å². The summed E-state index contributed by atoms with van der Waals surface area (Å²) in [5.74, 6) is 0. The van der Waals surface area contributed by atoms with Crippen molar-refractivity contribution in [1.29, 1.82) is 0 Å². The molecule has 127 valence electrons. The van der Waals surface area contributed by atoms with Gasteiger partial charge in [0.25, 0.3) is 0 Å². The van der Waals surface area contributed by atoms with Crippen molar-refractivity contribution in [3.8, 4) is 0 Å². The van der Waals surface area contributed by atoms with E-state index < -0.39 is 0 Å². The molecule has 0 bridgehead atoms. The van der Waals surface area contributed by atoms with Gasteiger partial charge in [0.15, 0.2) is 0 Å². The zero-order valence-corrected chi connectivity index (χ0v) is 86.6. The Labute approximate surface area is 779 Å². The van der Waals surface area contributed by atoms with Crippen LogP contribution in [0.2, 0.25) is 0 Å². The molecule has 23 heteroatoms. The Kier molecular flexibility index (Phi) is 1760. The second-order valence-corrected chi connectivity index (χ2v) is 0. The van der Waals surface area contributed by atoms with Crippen LogP contribution in [0.15, 0.2) is 0 Å². The van der Waals surface area contributed by atoms with Crippen LogP contribution in [-0.4, -0.2) is 0 Å². The summed E-state index contributed by atoms with van der Waals surface area (Å²) in [7, 11) is 0. The first-order valence-corrected chi connectivity index (χ1v) is 3.00. The first kappa shape index (κ1) is 215. The topological polar surface area (TPSA) is 0 Å². The van der Waals surface area contributed by atoms with E-state index in [-0.39, 0.29) is 767 Å². The van der Waals surface area contributed by atoms with E-state index in [2.05, 4.69) is 0 Å². The molecule has 31 heavy (non-hydrogen) atoms. The van der Waals surface area contributed by atoms with Crippen molar-refractivity contribution in [2.45, 2.75) is 41.5 Å². The largest absolute Gasteiger partial charge is 0.358 e. The molecule has 0 aliphatic heterocycles. The first-order valence-electron chi connectivity index (χ1n) is 3.00. The summed E-state index contributed by atoms with van der Waals surface area (Å²) in [5, 5.41) is 0. The Hall–Kier alpha value is 25.4. The Balaban J connectivity index is -0.000000000119. The molecule has 23 radical (unpaired) electrons. The predicted molar refractivity (Wildman–Crippen MR) is 46.9 cm³/mol. The maximum absolute atomic E-state index is 2.00. The summed E-state index contributed by atoms with van der Waals surface area (Å²) in [6.45, 7) is 12.0. The summed E-state index contributed by atoms with van der Waals surface area (Å²) in [6, 6.07) is 0. The fraction of sp³-hybridized carbons (Fsp3) is 0.750. The predicted octanol–water partition coefficient (Wildman–Crippen LogP) is 3.92. The van der Waals surface area contributed by atoms with E-state index in [1.165, 1.54) is 0 Å². The number of rotatable bonds is 0. The molecule has 0 amide bonds. The van der Waals surface area contributed by atoms with Crippen LogP contribution in [0, 0.1) is 14.9 Å². The van der Waals surface area contributed by atoms with Gasteiger partial charge >= 0.3 is 0 Å². The fourth-order valence-electron chi connectivity index (χ4n) is 0. The van der Waals surface area contributed by atoms with Crippen molar-refractivity contribution in [3.63, 3.8) is 0 Å². The molecule has 0 saturated carbocycles. The standard InChI is InChI=1S/3C2H6.2CH3.23Y/c3*1-2;;;;;;;;;;;;;;;;;;;;;;;;;/h3*1-2H3;2*1H3;;;;;;;;;;;;;;;;;;;;;;;/q;;;2*-1;;;;;;;;;;;;;;;;;;;;;;;. The molecule has 0 aromatic rings. The smallest absolute Gasteiger partial charge is 0 e. The zero-order valence-electron chi connectivity index (χ0n) is 21.3. The summed E-state index contributed by atoms with van der Waals surface area (Å²) in [4.78, 5) is 0. The van der Waals surface area contributed by atoms with Gasteiger partial charge < -0.3 is 14.9 Å². The molecule has 0 heterocycles. The molecule has 0 nitrogen and oxygen atoms in total. The van der Waals surface area contributed by atoms with Gasteiger partial charge in [-0.1, -0.05) is 41.5 Å². The van der Waals surface area contributed by atoms with Crippen LogP contribution in [0.3, 0.4) is 0 Å². The van der Waals surface area contributed by atoms with Crippen molar-refractivity contribution in [2.75, 3.05) is 0 Å². The maximum atomic E-state index is 2.00. The van der Waals surface area contributed by atoms with Crippen LogP contribution in [0.5, 0.6) is 0 Å². The second kappa shape index (κ2) is 254. The molecular formula is C8H24Y23-2. The number of hydrogen-bond acceptors (Lipinski definition) is 0. The molecule has 0 fully saturated rings. The van der Waals surface area contributed by atoms with Gasteiger partial charge in [-0.15, -0.1) is 0 Å². The molecule has 0 rings (SSSR count). The normalized spacial score (nSPS) is 0.581. The monoisotopic (exact) mass is 2170 g/mol. The third-order valence-electron chi connectivity index (χ3n) is 0. The van der Waals surface area contributed by atoms with Gasteiger partial charge in [-0.3, -0.25) is 0 Å². The molecule has 0 spiro atoms. The van der Waals surface area contributed by atoms with E-state index in [1.807, 2.05) is 41.5 Å². The van der Waals surface area contributed by atoms with E-state index in [9.17, 15) is 0 Å². The minimum atomic E-state index is 0. The van der Waals surface area contributed by atoms with Gasteiger partial charge in [0.2, 0.25) is 0 Å². The molecule has 0 aromatic heterocycles. The van der Waals surface area contributed by atoms with E-state index in [0.717, 1.165) is 0 Å². The fourth-order valence-corrected chi connectivity index (χ4v) is 0. The Morgan fingerprint density at radius 2 is 0.129 bits per heavy atom. The summed E-state index contributed by atoms with van der Waals surface area (Å²) >= 11 is 0. The molecule has 0 unspecified atom stereocenters. The van der Waals surface area contributed by atoms with E-state index in [4.69, 9.17) is 0 Å². The second-order valence-electron chi connectivity index (χ2n) is 0. The molecule has 0 saturated heterocycles. The SMILES string of the molecule is CC.CC.CC.[CH3-].[CH3-].[Y].[Y].[Y].[Y].[Y].[Y].[Y].[Y].[Y].[Y].[Y].[Y].[Y].[Y].[Y].[Y].[Y].[Y].[Y].[Y].[Y].[Y].[Y]. The zero-order chi connectivity index (χ0) is 6.00. The average Bonchev–Trinajstić information content (AvgIpc) is 1.81. The van der Waals surface area contributed by atoms with Gasteiger partial charge in [-0.05, 0) is 0 Å². The summed E-state index contributed by atoms with van der Waals surface area (Å²) < 4.78 is 0. The van der Waals surface area contributed by atoms with Gasteiger partial charge in [0.05, 0.1) is 0 Å². The molecule has 0 aromatic carbocycles. The van der Waals surface area contributed by atoms with Crippen molar-refractivity contribution < 1.29 is 752 Å². The van der Waals surface area contributed by atoms with Gasteiger partial charge in [0.1, 0.15) is 0 Å². The van der Waals surface area contributed by atoms with E-state index in [1.54, 1.807) is 0 Å². The molecule has 0 aliphatic carbocycles. The van der Waals surface area contributed by atoms with Crippen molar-refractivity contribution in [3.05, 3.63) is 14.9 Å². The molecule has 0 atom stereocenters. The third kappa shape index (κ3) is 245. The van der Waals surface area contributed by atoms with Crippen LogP contribution in [0.25, 0.3) is 0 Å². The average molecular weight is 2170 g/mol. The van der Waals surface area contributed by atoms with Crippen LogP contribution in [0.1, 0.15) is 41.5 Å². The first-order chi connectivity index (χ1) is 3.00. The molecule has 0 aliphatic rings. The van der Waals surface area contributed by atoms with Crippen LogP contribution in [-0.2, 0) is 752 Å². The van der Waals surface area contributed by atoms with Crippen molar-refractivity contribution >= 4 is 0 Å². The molecular weight excluding hydrogens is 2140 g/mol. The minimum absolute atomic E-state index is 0. The quantitative estimate of drug-likeness (QED) is 0.324. The van der Waals surface area contributed by atoms with E-state index >= 15 is 0 Å². The minimum Gasteiger partial charge on any atom is -0.358 e. The Morgan fingerprint density at radius 1 is 0.129 bits per heavy atom. The van der Waals surface area contributed by atoms with E-state index in [0.29, 0.717) is 0 Å². The third-order valence-corrected chi connectivity index (χ3v) is 0. The Morgan fingerprint density at radius 3 is 0.129 bits per heavy atom. The maximum Gasteiger partial charge on any atom is 0 e. The van der Waals surface area contributed by atoms with Gasteiger partial charge in [-0.25, -0.2) is 0 Å². The van der Waals surface area contributed by atoms with Crippen LogP contribution in [0.4, 0.5) is 0 Å². The summed E-state index contributed by atoms with van der Waals surface area (Å²) in [5.41, 5.74) is 0. The number of hydrogen-bond donors (Lipinski definition) is 0. The molecule has 0 N–H and O–H groups in total. The van der Waals surface area contributed by atoms with Crippen molar-refractivity contribution in [2.24, 2.45) is 0 Å². The Bertz CT molecular complexity index is 25.5. The van der Waals surface area contributed by atoms with Gasteiger partial charge in [-0.2, -0.15) is 0 Å². The van der Waals surface area contributed by atoms with Gasteiger partial charge in [0, 0.05) is 752 Å². The summed E-state index contributed by atoms with van der Waals surface area (Å²) in [6.07, 6.45) is 0. The van der Waals surface area contributed by atoms with Crippen molar-refractivity contribution in [1.82, 2.24) is 0 Å². The van der Waals surface area contributed by atoms with Crippen LogP contribution < -0.4 is 0 Å².